The summed E-state index contributed by atoms with van der Waals surface area (Å²) in [5.41, 5.74) is 1.86. The van der Waals surface area contributed by atoms with Gasteiger partial charge in [0.2, 0.25) is 0 Å². The highest BCUT2D eigenvalue weighted by Crippen LogP contribution is 2.27. The molecule has 3 nitrogen and oxygen atoms in total. The van der Waals surface area contributed by atoms with Crippen LogP contribution in [0.5, 0.6) is 5.75 Å². The zero-order chi connectivity index (χ0) is 10.7. The van der Waals surface area contributed by atoms with Crippen molar-refractivity contribution in [2.75, 3.05) is 6.61 Å². The first kappa shape index (κ1) is 10.5. The lowest BCUT2D eigenvalue weighted by molar-refractivity contribution is 0.0282. The van der Waals surface area contributed by atoms with Gasteiger partial charge in [-0.1, -0.05) is 18.2 Å². The highest BCUT2D eigenvalue weighted by molar-refractivity contribution is 5.41. The van der Waals surface area contributed by atoms with Crippen LogP contribution in [0.4, 0.5) is 0 Å². The summed E-state index contributed by atoms with van der Waals surface area (Å²) in [6.07, 6.45) is 1.12. The number of para-hydroxylation sites is 1. The molecule has 15 heavy (non-hydrogen) atoms. The summed E-state index contributed by atoms with van der Waals surface area (Å²) >= 11 is 0. The Hall–Kier alpha value is -1.06. The number of aliphatic hydroxyl groups is 1. The molecule has 0 bridgehead atoms. The van der Waals surface area contributed by atoms with Gasteiger partial charge in [0, 0.05) is 17.5 Å². The van der Waals surface area contributed by atoms with E-state index < -0.39 is 0 Å². The van der Waals surface area contributed by atoms with E-state index in [-0.39, 0.29) is 12.7 Å². The number of benzene rings is 1. The molecule has 1 aliphatic rings. The first-order valence-corrected chi connectivity index (χ1v) is 5.27. The maximum absolute atomic E-state index is 9.19. The first-order chi connectivity index (χ1) is 7.31. The van der Waals surface area contributed by atoms with E-state index in [0.717, 1.165) is 23.3 Å². The van der Waals surface area contributed by atoms with Gasteiger partial charge in [0.25, 0.3) is 0 Å². The Kier molecular flexibility index (Phi) is 3.23. The normalized spacial score (nSPS) is 21.1. The summed E-state index contributed by atoms with van der Waals surface area (Å²) in [5, 5.41) is 9.19. The fourth-order valence-corrected chi connectivity index (χ4v) is 1.70. The molecule has 1 atom stereocenters. The van der Waals surface area contributed by atoms with Crippen LogP contribution in [0.15, 0.2) is 18.2 Å². The van der Waals surface area contributed by atoms with Crippen molar-refractivity contribution in [3.63, 3.8) is 0 Å². The average Bonchev–Trinajstić information content (AvgIpc) is 2.24. The summed E-state index contributed by atoms with van der Waals surface area (Å²) in [7, 11) is 0. The number of aliphatic hydroxyl groups excluding tert-OH is 1. The van der Waals surface area contributed by atoms with E-state index in [0.29, 0.717) is 13.2 Å². The third kappa shape index (κ3) is 2.30. The summed E-state index contributed by atoms with van der Waals surface area (Å²) in [6.45, 7) is 3.26. The molecule has 1 aromatic carbocycles. The van der Waals surface area contributed by atoms with Gasteiger partial charge in [0.15, 0.2) is 0 Å². The Bertz CT molecular complexity index is 336. The minimum Gasteiger partial charge on any atom is -0.493 e. The average molecular weight is 208 g/mol. The molecule has 0 amide bonds. The Morgan fingerprint density at radius 2 is 2.33 bits per heavy atom. The summed E-state index contributed by atoms with van der Waals surface area (Å²) < 4.78 is 11.3. The van der Waals surface area contributed by atoms with E-state index in [4.69, 9.17) is 9.47 Å². The second kappa shape index (κ2) is 4.64. The van der Waals surface area contributed by atoms with Crippen LogP contribution in [0, 0.1) is 0 Å². The van der Waals surface area contributed by atoms with Crippen molar-refractivity contribution in [2.45, 2.75) is 32.7 Å². The smallest absolute Gasteiger partial charge is 0.130 e. The van der Waals surface area contributed by atoms with Crippen molar-refractivity contribution < 1.29 is 14.6 Å². The number of fused-ring (bicyclic) bond motifs is 1. The maximum Gasteiger partial charge on any atom is 0.130 e. The molecular formula is C12H16O3. The van der Waals surface area contributed by atoms with E-state index >= 15 is 0 Å². The van der Waals surface area contributed by atoms with Gasteiger partial charge in [0.1, 0.15) is 5.75 Å². The molecule has 1 aromatic rings. The van der Waals surface area contributed by atoms with Crippen LogP contribution in [0.25, 0.3) is 0 Å². The molecule has 0 saturated heterocycles. The zero-order valence-corrected chi connectivity index (χ0v) is 8.90. The summed E-state index contributed by atoms with van der Waals surface area (Å²) in [4.78, 5) is 0. The second-order valence-corrected chi connectivity index (χ2v) is 3.82. The third-order valence-corrected chi connectivity index (χ3v) is 2.64. The monoisotopic (exact) mass is 208 g/mol. The van der Waals surface area contributed by atoms with E-state index in [1.54, 1.807) is 0 Å². The molecule has 1 unspecified atom stereocenters. The Labute approximate surface area is 89.6 Å². The molecule has 1 N–H and O–H groups in total. The Balaban J connectivity index is 2.29. The molecule has 0 fully saturated rings. The molecular weight excluding hydrogens is 192 g/mol. The van der Waals surface area contributed by atoms with Crippen molar-refractivity contribution in [3.05, 3.63) is 29.3 Å². The van der Waals surface area contributed by atoms with Crippen molar-refractivity contribution in [1.82, 2.24) is 0 Å². The van der Waals surface area contributed by atoms with Crippen LogP contribution in [0.3, 0.4) is 0 Å². The predicted molar refractivity (Wildman–Crippen MR) is 56.7 cm³/mol. The quantitative estimate of drug-likeness (QED) is 0.765. The lowest BCUT2D eigenvalue weighted by Gasteiger charge is -2.21. The van der Waals surface area contributed by atoms with Crippen molar-refractivity contribution in [2.24, 2.45) is 0 Å². The number of hydrogen-bond acceptors (Lipinski definition) is 3. The van der Waals surface area contributed by atoms with Gasteiger partial charge in [-0.25, -0.2) is 0 Å². The van der Waals surface area contributed by atoms with Crippen molar-refractivity contribution in [1.29, 1.82) is 0 Å². The fourth-order valence-electron chi connectivity index (χ4n) is 1.70. The van der Waals surface area contributed by atoms with E-state index in [1.807, 2.05) is 25.1 Å². The molecule has 0 radical (unpaired) electrons. The number of rotatable bonds is 1. The first-order valence-electron chi connectivity index (χ1n) is 5.27. The SMILES string of the molecule is CC1CCOc2c(CO)cccc2CO1. The van der Waals surface area contributed by atoms with Gasteiger partial charge in [-0.2, -0.15) is 0 Å². The molecule has 1 aliphatic heterocycles. The topological polar surface area (TPSA) is 38.7 Å². The highest BCUT2D eigenvalue weighted by atomic mass is 16.5. The maximum atomic E-state index is 9.19. The van der Waals surface area contributed by atoms with Crippen LogP contribution in [0.1, 0.15) is 24.5 Å². The van der Waals surface area contributed by atoms with Crippen LogP contribution >= 0.6 is 0 Å². The van der Waals surface area contributed by atoms with E-state index in [1.165, 1.54) is 0 Å². The zero-order valence-electron chi connectivity index (χ0n) is 8.90. The van der Waals surface area contributed by atoms with Gasteiger partial charge < -0.3 is 14.6 Å². The van der Waals surface area contributed by atoms with Gasteiger partial charge >= 0.3 is 0 Å². The van der Waals surface area contributed by atoms with Crippen LogP contribution in [-0.4, -0.2) is 17.8 Å². The summed E-state index contributed by atoms with van der Waals surface area (Å²) in [5.74, 6) is 0.798. The fraction of sp³-hybridized carbons (Fsp3) is 0.500. The third-order valence-electron chi connectivity index (χ3n) is 2.64. The number of hydrogen-bond donors (Lipinski definition) is 1. The lowest BCUT2D eigenvalue weighted by atomic mass is 10.1. The Morgan fingerprint density at radius 1 is 1.47 bits per heavy atom. The molecule has 2 rings (SSSR count). The van der Waals surface area contributed by atoms with Crippen LogP contribution < -0.4 is 4.74 Å². The van der Waals surface area contributed by atoms with Gasteiger partial charge in [-0.3, -0.25) is 0 Å². The standard InChI is InChI=1S/C12H16O3/c1-9-5-6-14-12-10(7-13)3-2-4-11(12)8-15-9/h2-4,9,13H,5-8H2,1H3. The molecule has 0 spiro atoms. The molecule has 1 heterocycles. The van der Waals surface area contributed by atoms with E-state index in [2.05, 4.69) is 0 Å². The largest absolute Gasteiger partial charge is 0.493 e. The summed E-state index contributed by atoms with van der Waals surface area (Å²) in [6, 6.07) is 5.78. The van der Waals surface area contributed by atoms with Crippen molar-refractivity contribution >= 4 is 0 Å². The Morgan fingerprint density at radius 3 is 3.13 bits per heavy atom. The van der Waals surface area contributed by atoms with E-state index in [9.17, 15) is 5.11 Å². The molecule has 0 aromatic heterocycles. The predicted octanol–water partition coefficient (Wildman–Crippen LogP) is 1.87. The molecule has 82 valence electrons. The minimum absolute atomic E-state index is 0.0126. The van der Waals surface area contributed by atoms with Crippen LogP contribution in [0.2, 0.25) is 0 Å². The molecule has 0 aliphatic carbocycles. The van der Waals surface area contributed by atoms with Crippen molar-refractivity contribution in [3.8, 4) is 5.75 Å². The molecule has 3 heteroatoms. The highest BCUT2D eigenvalue weighted by Gasteiger charge is 2.14. The second-order valence-electron chi connectivity index (χ2n) is 3.82. The van der Waals surface area contributed by atoms with Gasteiger partial charge in [0.05, 0.1) is 25.9 Å². The van der Waals surface area contributed by atoms with Gasteiger partial charge in [-0.05, 0) is 6.92 Å². The molecule has 0 saturated carbocycles. The minimum atomic E-state index is 0.0126. The van der Waals surface area contributed by atoms with Crippen LogP contribution in [-0.2, 0) is 18.0 Å². The number of ether oxygens (including phenoxy) is 2. The van der Waals surface area contributed by atoms with Gasteiger partial charge in [-0.15, -0.1) is 0 Å². The lowest BCUT2D eigenvalue weighted by Crippen LogP contribution is -2.17.